The van der Waals surface area contributed by atoms with Crippen molar-refractivity contribution in [1.82, 2.24) is 4.90 Å². The molecule has 0 spiro atoms. The van der Waals surface area contributed by atoms with Gasteiger partial charge in [0.05, 0.1) is 4.91 Å². The SMILES string of the molecule is CC(C)C(C(=O)O)N1C(=O)/C(=C/c2cccc(OCC(=O)O)c2)SC1=S. The first-order valence-corrected chi connectivity index (χ1v) is 8.87. The van der Waals surface area contributed by atoms with Crippen molar-refractivity contribution in [3.05, 3.63) is 34.7 Å². The third kappa shape index (κ3) is 4.61. The normalized spacial score (nSPS) is 17.0. The highest BCUT2D eigenvalue weighted by Gasteiger charge is 2.41. The Hall–Kier alpha value is -2.39. The molecule has 1 unspecified atom stereocenters. The van der Waals surface area contributed by atoms with Gasteiger partial charge in [0.1, 0.15) is 16.1 Å². The number of ether oxygens (including phenoxy) is 1. The first kappa shape index (κ1) is 19.9. The molecular weight excluding hydrogens is 378 g/mol. The van der Waals surface area contributed by atoms with E-state index in [-0.39, 0.29) is 10.2 Å². The van der Waals surface area contributed by atoms with Crippen LogP contribution in [0.15, 0.2) is 29.2 Å². The number of thioether (sulfide) groups is 1. The second kappa shape index (κ2) is 8.33. The van der Waals surface area contributed by atoms with Gasteiger partial charge in [-0.2, -0.15) is 0 Å². The van der Waals surface area contributed by atoms with Crippen LogP contribution in [-0.4, -0.2) is 49.9 Å². The highest BCUT2D eigenvalue weighted by Crippen LogP contribution is 2.35. The maximum atomic E-state index is 12.6. The minimum absolute atomic E-state index is 0.195. The molecule has 1 aliphatic rings. The van der Waals surface area contributed by atoms with Gasteiger partial charge >= 0.3 is 11.9 Å². The van der Waals surface area contributed by atoms with Crippen LogP contribution in [0.3, 0.4) is 0 Å². The summed E-state index contributed by atoms with van der Waals surface area (Å²) >= 11 is 6.23. The molecule has 0 aromatic heterocycles. The van der Waals surface area contributed by atoms with Crippen molar-refractivity contribution in [3.63, 3.8) is 0 Å². The van der Waals surface area contributed by atoms with E-state index in [9.17, 15) is 19.5 Å². The largest absolute Gasteiger partial charge is 0.482 e. The average molecular weight is 395 g/mol. The zero-order valence-electron chi connectivity index (χ0n) is 14.0. The van der Waals surface area contributed by atoms with Crippen molar-refractivity contribution in [1.29, 1.82) is 0 Å². The Morgan fingerprint density at radius 2 is 2.04 bits per heavy atom. The van der Waals surface area contributed by atoms with Crippen LogP contribution in [0.25, 0.3) is 6.08 Å². The van der Waals surface area contributed by atoms with E-state index in [0.29, 0.717) is 16.2 Å². The Balaban J connectivity index is 2.26. The summed E-state index contributed by atoms with van der Waals surface area (Å²) in [5, 5.41) is 18.1. The fourth-order valence-corrected chi connectivity index (χ4v) is 3.73. The summed E-state index contributed by atoms with van der Waals surface area (Å²) in [6.07, 6.45) is 1.58. The van der Waals surface area contributed by atoms with E-state index >= 15 is 0 Å². The zero-order valence-corrected chi connectivity index (χ0v) is 15.7. The number of amides is 1. The molecule has 7 nitrogen and oxygen atoms in total. The lowest BCUT2D eigenvalue weighted by atomic mass is 10.0. The molecule has 1 atom stereocenters. The second-order valence-electron chi connectivity index (χ2n) is 5.83. The van der Waals surface area contributed by atoms with Gasteiger partial charge in [0.15, 0.2) is 6.61 Å². The minimum atomic E-state index is -1.11. The van der Waals surface area contributed by atoms with Crippen molar-refractivity contribution in [2.75, 3.05) is 6.61 Å². The molecule has 1 amide bonds. The van der Waals surface area contributed by atoms with Crippen molar-refractivity contribution in [2.45, 2.75) is 19.9 Å². The molecule has 2 N–H and O–H groups in total. The fourth-order valence-electron chi connectivity index (χ4n) is 2.40. The van der Waals surface area contributed by atoms with E-state index in [1.54, 1.807) is 44.2 Å². The van der Waals surface area contributed by atoms with Gasteiger partial charge in [0.2, 0.25) is 0 Å². The summed E-state index contributed by atoms with van der Waals surface area (Å²) in [6.45, 7) is 2.95. The highest BCUT2D eigenvalue weighted by atomic mass is 32.2. The average Bonchev–Trinajstić information content (AvgIpc) is 2.81. The lowest BCUT2D eigenvalue weighted by Gasteiger charge is -2.26. The van der Waals surface area contributed by atoms with Crippen LogP contribution in [0.4, 0.5) is 0 Å². The monoisotopic (exact) mass is 395 g/mol. The standard InChI is InChI=1S/C17H17NO6S2/c1-9(2)14(16(22)23)18-15(21)12(26-17(18)25)7-10-4-3-5-11(6-10)24-8-13(19)20/h3-7,9,14H,8H2,1-2H3,(H,19,20)(H,22,23)/b12-7-. The van der Waals surface area contributed by atoms with Crippen LogP contribution in [-0.2, 0) is 14.4 Å². The van der Waals surface area contributed by atoms with Crippen LogP contribution in [0.2, 0.25) is 0 Å². The number of hydrogen-bond donors (Lipinski definition) is 2. The molecule has 0 bridgehead atoms. The molecule has 1 heterocycles. The summed E-state index contributed by atoms with van der Waals surface area (Å²) in [6, 6.07) is 5.55. The molecule has 1 aromatic rings. The van der Waals surface area contributed by atoms with Gasteiger partial charge in [-0.1, -0.05) is 50.0 Å². The molecular formula is C17H17NO6S2. The van der Waals surface area contributed by atoms with Crippen molar-refractivity contribution in [2.24, 2.45) is 5.92 Å². The van der Waals surface area contributed by atoms with Gasteiger partial charge in [0.25, 0.3) is 5.91 Å². The molecule has 0 saturated carbocycles. The van der Waals surface area contributed by atoms with Gasteiger partial charge in [-0.3, -0.25) is 9.69 Å². The molecule has 0 radical (unpaired) electrons. The van der Waals surface area contributed by atoms with Crippen LogP contribution in [0.1, 0.15) is 19.4 Å². The van der Waals surface area contributed by atoms with E-state index in [4.69, 9.17) is 22.1 Å². The van der Waals surface area contributed by atoms with Crippen molar-refractivity contribution >= 4 is 52.2 Å². The fraction of sp³-hybridized carbons (Fsp3) is 0.294. The molecule has 26 heavy (non-hydrogen) atoms. The first-order valence-electron chi connectivity index (χ1n) is 7.65. The summed E-state index contributed by atoms with van der Waals surface area (Å²) in [5.74, 6) is -2.62. The van der Waals surface area contributed by atoms with E-state index in [1.165, 1.54) is 0 Å². The molecule has 1 aromatic carbocycles. The van der Waals surface area contributed by atoms with Crippen LogP contribution in [0.5, 0.6) is 5.75 Å². The Morgan fingerprint density at radius 3 is 2.62 bits per heavy atom. The van der Waals surface area contributed by atoms with E-state index in [0.717, 1.165) is 16.7 Å². The van der Waals surface area contributed by atoms with Crippen LogP contribution in [0, 0.1) is 5.92 Å². The zero-order chi connectivity index (χ0) is 19.4. The van der Waals surface area contributed by atoms with E-state index in [1.807, 2.05) is 0 Å². The summed E-state index contributed by atoms with van der Waals surface area (Å²) in [7, 11) is 0. The smallest absolute Gasteiger partial charge is 0.341 e. The lowest BCUT2D eigenvalue weighted by Crippen LogP contribution is -2.47. The lowest BCUT2D eigenvalue weighted by molar-refractivity contribution is -0.146. The van der Waals surface area contributed by atoms with Crippen LogP contribution >= 0.6 is 24.0 Å². The maximum Gasteiger partial charge on any atom is 0.341 e. The number of nitrogens with zero attached hydrogens (tertiary/aromatic N) is 1. The van der Waals surface area contributed by atoms with Gasteiger partial charge in [0, 0.05) is 0 Å². The number of aliphatic carboxylic acids is 2. The molecule has 2 rings (SSSR count). The Kier molecular flexibility index (Phi) is 6.38. The number of benzene rings is 1. The third-order valence-electron chi connectivity index (χ3n) is 3.50. The van der Waals surface area contributed by atoms with E-state index < -0.39 is 30.5 Å². The second-order valence-corrected chi connectivity index (χ2v) is 7.51. The molecule has 1 saturated heterocycles. The topological polar surface area (TPSA) is 104 Å². The predicted octanol–water partition coefficient (Wildman–Crippen LogP) is 2.46. The molecule has 9 heteroatoms. The number of carbonyl (C=O) groups is 3. The van der Waals surface area contributed by atoms with Gasteiger partial charge < -0.3 is 14.9 Å². The number of carbonyl (C=O) groups excluding carboxylic acids is 1. The Bertz CT molecular complexity index is 789. The van der Waals surface area contributed by atoms with Gasteiger partial charge in [-0.15, -0.1) is 0 Å². The third-order valence-corrected chi connectivity index (χ3v) is 4.83. The first-order chi connectivity index (χ1) is 12.2. The molecule has 0 aliphatic carbocycles. The predicted molar refractivity (Wildman–Crippen MR) is 101 cm³/mol. The number of carboxylic acid groups (broad SMARTS) is 2. The molecule has 138 valence electrons. The van der Waals surface area contributed by atoms with Crippen molar-refractivity contribution < 1.29 is 29.3 Å². The Labute approximate surface area is 159 Å². The number of carboxylic acids is 2. The summed E-state index contributed by atoms with van der Waals surface area (Å²) in [4.78, 5) is 36.2. The van der Waals surface area contributed by atoms with Crippen LogP contribution < -0.4 is 4.74 Å². The Morgan fingerprint density at radius 1 is 1.35 bits per heavy atom. The molecule has 1 aliphatic heterocycles. The quantitative estimate of drug-likeness (QED) is 0.536. The summed E-state index contributed by atoms with van der Waals surface area (Å²) < 4.78 is 5.30. The number of hydrogen-bond acceptors (Lipinski definition) is 6. The highest BCUT2D eigenvalue weighted by molar-refractivity contribution is 8.26. The maximum absolute atomic E-state index is 12.6. The number of thiocarbonyl (C=S) groups is 1. The minimum Gasteiger partial charge on any atom is -0.482 e. The molecule has 1 fully saturated rings. The van der Waals surface area contributed by atoms with Gasteiger partial charge in [-0.05, 0) is 29.7 Å². The number of rotatable bonds is 7. The summed E-state index contributed by atoms with van der Waals surface area (Å²) in [5.41, 5.74) is 0.616. The van der Waals surface area contributed by atoms with E-state index in [2.05, 4.69) is 0 Å². The van der Waals surface area contributed by atoms with Crippen molar-refractivity contribution in [3.8, 4) is 5.75 Å². The van der Waals surface area contributed by atoms with Gasteiger partial charge in [-0.25, -0.2) is 9.59 Å².